The maximum atomic E-state index is 11.6. The SMILES string of the molecule is O=S1(=O)CC[C@@H](CN2CCC[C@@H](Nc3ccccc3)C2)C1. The lowest BCUT2D eigenvalue weighted by Crippen LogP contribution is -2.44. The molecule has 0 unspecified atom stereocenters. The first-order valence-corrected chi connectivity index (χ1v) is 9.67. The van der Waals surface area contributed by atoms with Crippen molar-refractivity contribution in [3.8, 4) is 0 Å². The summed E-state index contributed by atoms with van der Waals surface area (Å²) in [6.45, 7) is 3.06. The number of hydrogen-bond acceptors (Lipinski definition) is 4. The molecule has 1 aromatic rings. The highest BCUT2D eigenvalue weighted by Crippen LogP contribution is 2.22. The lowest BCUT2D eigenvalue weighted by Gasteiger charge is -2.35. The fourth-order valence-corrected chi connectivity index (χ4v) is 5.34. The van der Waals surface area contributed by atoms with Gasteiger partial charge in [-0.05, 0) is 43.9 Å². The smallest absolute Gasteiger partial charge is 0.150 e. The highest BCUT2D eigenvalue weighted by Gasteiger charge is 2.30. The van der Waals surface area contributed by atoms with E-state index in [2.05, 4.69) is 22.3 Å². The summed E-state index contributed by atoms with van der Waals surface area (Å²) in [5.74, 6) is 1.11. The van der Waals surface area contributed by atoms with Crippen LogP contribution in [0, 0.1) is 5.92 Å². The fraction of sp³-hybridized carbons (Fsp3) is 0.625. The second-order valence-electron chi connectivity index (χ2n) is 6.38. The summed E-state index contributed by atoms with van der Waals surface area (Å²) in [6.07, 6.45) is 3.22. The number of sulfone groups is 1. The number of piperidine rings is 1. The van der Waals surface area contributed by atoms with Crippen LogP contribution in [0.25, 0.3) is 0 Å². The predicted molar refractivity (Wildman–Crippen MR) is 86.3 cm³/mol. The Hall–Kier alpha value is -1.07. The van der Waals surface area contributed by atoms with Crippen LogP contribution < -0.4 is 5.32 Å². The molecule has 21 heavy (non-hydrogen) atoms. The Balaban J connectivity index is 1.52. The Bertz CT molecular complexity index is 559. The third-order valence-corrected chi connectivity index (χ3v) is 6.33. The van der Waals surface area contributed by atoms with Crippen molar-refractivity contribution in [2.75, 3.05) is 36.5 Å². The van der Waals surface area contributed by atoms with E-state index in [0.29, 0.717) is 23.5 Å². The van der Waals surface area contributed by atoms with Gasteiger partial charge in [0.05, 0.1) is 11.5 Å². The molecule has 116 valence electrons. The van der Waals surface area contributed by atoms with Crippen molar-refractivity contribution in [3.05, 3.63) is 30.3 Å². The molecule has 2 heterocycles. The Morgan fingerprint density at radius 3 is 2.71 bits per heavy atom. The van der Waals surface area contributed by atoms with Crippen molar-refractivity contribution in [3.63, 3.8) is 0 Å². The van der Waals surface area contributed by atoms with Crippen LogP contribution in [0.5, 0.6) is 0 Å². The average Bonchev–Trinajstić information content (AvgIpc) is 2.79. The van der Waals surface area contributed by atoms with Gasteiger partial charge >= 0.3 is 0 Å². The van der Waals surface area contributed by atoms with Gasteiger partial charge in [0, 0.05) is 24.8 Å². The van der Waals surface area contributed by atoms with Crippen LogP contribution in [0.1, 0.15) is 19.3 Å². The standard InChI is InChI=1S/C16H24N2O2S/c19-21(20)10-8-14(13-21)11-18-9-4-7-16(12-18)17-15-5-2-1-3-6-15/h1-3,5-6,14,16-17H,4,7-13H2/t14-,16+/m0/s1. The molecular weight excluding hydrogens is 284 g/mol. The Kier molecular flexibility index (Phi) is 4.50. The minimum atomic E-state index is -2.75. The highest BCUT2D eigenvalue weighted by molar-refractivity contribution is 7.91. The van der Waals surface area contributed by atoms with Crippen LogP contribution >= 0.6 is 0 Å². The van der Waals surface area contributed by atoms with E-state index in [1.165, 1.54) is 18.5 Å². The maximum Gasteiger partial charge on any atom is 0.150 e. The van der Waals surface area contributed by atoms with E-state index in [9.17, 15) is 8.42 Å². The summed E-state index contributed by atoms with van der Waals surface area (Å²) in [7, 11) is -2.75. The molecule has 2 aliphatic heterocycles. The Labute approximate surface area is 127 Å². The summed E-state index contributed by atoms with van der Waals surface area (Å²) in [6, 6.07) is 10.8. The molecular formula is C16H24N2O2S. The molecule has 1 N–H and O–H groups in total. The lowest BCUT2D eigenvalue weighted by molar-refractivity contribution is 0.192. The van der Waals surface area contributed by atoms with Crippen molar-refractivity contribution in [2.45, 2.75) is 25.3 Å². The van der Waals surface area contributed by atoms with Gasteiger partial charge in [-0.15, -0.1) is 0 Å². The van der Waals surface area contributed by atoms with Crippen LogP contribution in [-0.4, -0.2) is 50.5 Å². The third kappa shape index (κ3) is 4.20. The molecule has 2 saturated heterocycles. The fourth-order valence-electron chi connectivity index (χ4n) is 3.49. The van der Waals surface area contributed by atoms with Crippen molar-refractivity contribution in [1.82, 2.24) is 4.90 Å². The first-order chi connectivity index (χ1) is 10.1. The van der Waals surface area contributed by atoms with E-state index in [1.807, 2.05) is 18.2 Å². The number of hydrogen-bond donors (Lipinski definition) is 1. The van der Waals surface area contributed by atoms with E-state index in [0.717, 1.165) is 26.1 Å². The average molecular weight is 308 g/mol. The zero-order valence-electron chi connectivity index (χ0n) is 12.4. The zero-order chi connectivity index (χ0) is 14.7. The second-order valence-corrected chi connectivity index (χ2v) is 8.61. The van der Waals surface area contributed by atoms with Gasteiger partial charge < -0.3 is 10.2 Å². The van der Waals surface area contributed by atoms with Gasteiger partial charge in [0.25, 0.3) is 0 Å². The number of rotatable bonds is 4. The van der Waals surface area contributed by atoms with Crippen molar-refractivity contribution < 1.29 is 8.42 Å². The monoisotopic (exact) mass is 308 g/mol. The summed E-state index contributed by atoms with van der Waals surface area (Å²) in [5.41, 5.74) is 1.17. The normalized spacial score (nSPS) is 29.3. The van der Waals surface area contributed by atoms with E-state index >= 15 is 0 Å². The van der Waals surface area contributed by atoms with Gasteiger partial charge in [0.2, 0.25) is 0 Å². The third-order valence-electron chi connectivity index (χ3n) is 4.49. The van der Waals surface area contributed by atoms with Gasteiger partial charge in [-0.2, -0.15) is 0 Å². The molecule has 0 aliphatic carbocycles. The van der Waals surface area contributed by atoms with Crippen LogP contribution in [0.3, 0.4) is 0 Å². The highest BCUT2D eigenvalue weighted by atomic mass is 32.2. The molecule has 2 atom stereocenters. The zero-order valence-corrected chi connectivity index (χ0v) is 13.2. The second kappa shape index (κ2) is 6.36. The predicted octanol–water partition coefficient (Wildman–Crippen LogP) is 2.00. The number of likely N-dealkylation sites (tertiary alicyclic amines) is 1. The molecule has 1 aromatic carbocycles. The lowest BCUT2D eigenvalue weighted by atomic mass is 10.0. The van der Waals surface area contributed by atoms with Gasteiger partial charge in [-0.1, -0.05) is 18.2 Å². The first-order valence-electron chi connectivity index (χ1n) is 7.85. The van der Waals surface area contributed by atoms with E-state index in [1.54, 1.807) is 0 Å². The molecule has 2 aliphatic rings. The van der Waals surface area contributed by atoms with Crippen LogP contribution in [0.4, 0.5) is 5.69 Å². The summed E-state index contributed by atoms with van der Waals surface area (Å²) in [4.78, 5) is 2.44. The quantitative estimate of drug-likeness (QED) is 0.924. The summed E-state index contributed by atoms with van der Waals surface area (Å²) >= 11 is 0. The van der Waals surface area contributed by atoms with E-state index in [-0.39, 0.29) is 0 Å². The molecule has 5 heteroatoms. The van der Waals surface area contributed by atoms with Gasteiger partial charge in [0.15, 0.2) is 9.84 Å². The number of nitrogens with zero attached hydrogens (tertiary/aromatic N) is 1. The topological polar surface area (TPSA) is 49.4 Å². The first kappa shape index (κ1) is 14.9. The molecule has 0 spiro atoms. The number of nitrogens with one attached hydrogen (secondary N) is 1. The molecule has 0 radical (unpaired) electrons. The molecule has 0 saturated carbocycles. The van der Waals surface area contributed by atoms with Crippen LogP contribution in [-0.2, 0) is 9.84 Å². The Morgan fingerprint density at radius 1 is 1.19 bits per heavy atom. The van der Waals surface area contributed by atoms with Gasteiger partial charge in [-0.3, -0.25) is 0 Å². The molecule has 2 fully saturated rings. The van der Waals surface area contributed by atoms with Crippen molar-refractivity contribution in [2.24, 2.45) is 5.92 Å². The summed E-state index contributed by atoms with van der Waals surface area (Å²) in [5, 5.41) is 3.59. The molecule has 0 aromatic heterocycles. The van der Waals surface area contributed by atoms with Gasteiger partial charge in [-0.25, -0.2) is 8.42 Å². The molecule has 0 amide bonds. The van der Waals surface area contributed by atoms with Gasteiger partial charge in [0.1, 0.15) is 0 Å². The van der Waals surface area contributed by atoms with Crippen LogP contribution in [0.2, 0.25) is 0 Å². The maximum absolute atomic E-state index is 11.6. The van der Waals surface area contributed by atoms with Crippen LogP contribution in [0.15, 0.2) is 30.3 Å². The molecule has 0 bridgehead atoms. The number of anilines is 1. The number of benzene rings is 1. The minimum Gasteiger partial charge on any atom is -0.381 e. The summed E-state index contributed by atoms with van der Waals surface area (Å²) < 4.78 is 23.1. The minimum absolute atomic E-state index is 0.338. The van der Waals surface area contributed by atoms with E-state index < -0.39 is 9.84 Å². The van der Waals surface area contributed by atoms with E-state index in [4.69, 9.17) is 0 Å². The largest absolute Gasteiger partial charge is 0.381 e. The molecule has 4 nitrogen and oxygen atoms in total. The number of para-hydroxylation sites is 1. The Morgan fingerprint density at radius 2 is 2.00 bits per heavy atom. The molecule has 3 rings (SSSR count). The van der Waals surface area contributed by atoms with Crippen molar-refractivity contribution in [1.29, 1.82) is 0 Å². The van der Waals surface area contributed by atoms with Crippen molar-refractivity contribution >= 4 is 15.5 Å².